The smallest absolute Gasteiger partial charge is 0.325 e. The van der Waals surface area contributed by atoms with Gasteiger partial charge < -0.3 is 14.7 Å². The van der Waals surface area contributed by atoms with Gasteiger partial charge in [0.1, 0.15) is 6.54 Å². The number of aliphatic carboxylic acids is 1. The van der Waals surface area contributed by atoms with Crippen molar-refractivity contribution < 1.29 is 19.4 Å². The average Bonchev–Trinajstić information content (AvgIpc) is 3.02. The molecule has 0 bridgehead atoms. The minimum atomic E-state index is -0.902. The first-order valence-corrected chi connectivity index (χ1v) is 8.25. The van der Waals surface area contributed by atoms with Crippen LogP contribution in [0.5, 0.6) is 0 Å². The number of hydrogen-bond donors (Lipinski definition) is 1. The SMILES string of the molecule is O=C(O)Cn1nccc1C1CCCN(C(=O)C2CCOCC2)C1. The molecule has 1 unspecified atom stereocenters. The maximum atomic E-state index is 12.7. The molecule has 2 aliphatic heterocycles. The number of likely N-dealkylation sites (tertiary alicyclic amines) is 1. The van der Waals surface area contributed by atoms with Gasteiger partial charge in [0.15, 0.2) is 0 Å². The molecule has 3 rings (SSSR count). The molecule has 1 N–H and O–H groups in total. The fraction of sp³-hybridized carbons (Fsp3) is 0.688. The third-order valence-corrected chi connectivity index (χ3v) is 4.76. The summed E-state index contributed by atoms with van der Waals surface area (Å²) in [4.78, 5) is 25.6. The highest BCUT2D eigenvalue weighted by molar-refractivity contribution is 5.79. The number of carboxylic acid groups (broad SMARTS) is 1. The molecule has 0 saturated carbocycles. The maximum absolute atomic E-state index is 12.7. The van der Waals surface area contributed by atoms with Crippen LogP contribution in [0.15, 0.2) is 12.3 Å². The first-order chi connectivity index (χ1) is 11.1. The van der Waals surface area contributed by atoms with Crippen LogP contribution in [0.25, 0.3) is 0 Å². The zero-order valence-corrected chi connectivity index (χ0v) is 13.2. The number of nitrogens with zero attached hydrogens (tertiary/aromatic N) is 3. The molecule has 1 amide bonds. The summed E-state index contributed by atoms with van der Waals surface area (Å²) in [5, 5.41) is 13.1. The second-order valence-corrected chi connectivity index (χ2v) is 6.32. The zero-order chi connectivity index (χ0) is 16.2. The fourth-order valence-corrected chi connectivity index (χ4v) is 3.57. The Labute approximate surface area is 135 Å². The average molecular weight is 321 g/mol. The normalized spacial score (nSPS) is 23.0. The molecule has 126 valence electrons. The van der Waals surface area contributed by atoms with Gasteiger partial charge in [0.25, 0.3) is 0 Å². The lowest BCUT2D eigenvalue weighted by Gasteiger charge is -2.36. The molecule has 1 aromatic rings. The Kier molecular flexibility index (Phi) is 4.95. The lowest BCUT2D eigenvalue weighted by molar-refractivity contribution is -0.140. The van der Waals surface area contributed by atoms with Gasteiger partial charge in [-0.1, -0.05) is 0 Å². The van der Waals surface area contributed by atoms with Crippen molar-refractivity contribution in [3.63, 3.8) is 0 Å². The topological polar surface area (TPSA) is 84.7 Å². The van der Waals surface area contributed by atoms with Crippen LogP contribution >= 0.6 is 0 Å². The van der Waals surface area contributed by atoms with Crippen LogP contribution in [0.3, 0.4) is 0 Å². The third kappa shape index (κ3) is 3.72. The molecule has 0 spiro atoms. The molecule has 7 heteroatoms. The molecule has 2 fully saturated rings. The maximum Gasteiger partial charge on any atom is 0.325 e. The summed E-state index contributed by atoms with van der Waals surface area (Å²) < 4.78 is 6.87. The summed E-state index contributed by atoms with van der Waals surface area (Å²) in [6.07, 6.45) is 5.14. The largest absolute Gasteiger partial charge is 0.480 e. The van der Waals surface area contributed by atoms with Gasteiger partial charge in [-0.15, -0.1) is 0 Å². The highest BCUT2D eigenvalue weighted by atomic mass is 16.5. The summed E-state index contributed by atoms with van der Waals surface area (Å²) in [7, 11) is 0. The zero-order valence-electron chi connectivity index (χ0n) is 13.2. The highest BCUT2D eigenvalue weighted by Gasteiger charge is 2.31. The number of ether oxygens (including phenoxy) is 1. The van der Waals surface area contributed by atoms with Crippen LogP contribution in [0.1, 0.15) is 37.3 Å². The van der Waals surface area contributed by atoms with E-state index in [2.05, 4.69) is 5.10 Å². The first kappa shape index (κ1) is 16.0. The Morgan fingerprint density at radius 3 is 2.83 bits per heavy atom. The summed E-state index contributed by atoms with van der Waals surface area (Å²) >= 11 is 0. The Morgan fingerprint density at radius 1 is 1.30 bits per heavy atom. The van der Waals surface area contributed by atoms with Gasteiger partial charge in [-0.25, -0.2) is 0 Å². The van der Waals surface area contributed by atoms with Gasteiger partial charge in [-0.3, -0.25) is 14.3 Å². The molecule has 1 atom stereocenters. The quantitative estimate of drug-likeness (QED) is 0.897. The second kappa shape index (κ2) is 7.12. The number of carbonyl (C=O) groups excluding carboxylic acids is 1. The Balaban J connectivity index is 1.67. The van der Waals surface area contributed by atoms with E-state index in [1.54, 1.807) is 6.20 Å². The van der Waals surface area contributed by atoms with E-state index < -0.39 is 5.97 Å². The van der Waals surface area contributed by atoms with Gasteiger partial charge in [0.05, 0.1) is 0 Å². The number of amides is 1. The molecule has 0 radical (unpaired) electrons. The van der Waals surface area contributed by atoms with Crippen molar-refractivity contribution in [3.8, 4) is 0 Å². The van der Waals surface area contributed by atoms with E-state index in [4.69, 9.17) is 9.84 Å². The van der Waals surface area contributed by atoms with E-state index in [0.717, 1.165) is 37.9 Å². The number of carbonyl (C=O) groups is 2. The van der Waals surface area contributed by atoms with E-state index in [-0.39, 0.29) is 24.3 Å². The number of carboxylic acids is 1. The lowest BCUT2D eigenvalue weighted by Crippen LogP contribution is -2.44. The minimum absolute atomic E-state index is 0.0754. The predicted octanol–water partition coefficient (Wildman–Crippen LogP) is 1.10. The summed E-state index contributed by atoms with van der Waals surface area (Å²) in [6.45, 7) is 2.64. The van der Waals surface area contributed by atoms with Gasteiger partial charge >= 0.3 is 5.97 Å². The third-order valence-electron chi connectivity index (χ3n) is 4.76. The van der Waals surface area contributed by atoms with Gasteiger partial charge in [0, 0.05) is 50.0 Å². The second-order valence-electron chi connectivity index (χ2n) is 6.32. The Hall–Kier alpha value is -1.89. The van der Waals surface area contributed by atoms with E-state index in [9.17, 15) is 9.59 Å². The molecule has 0 aromatic carbocycles. The van der Waals surface area contributed by atoms with E-state index >= 15 is 0 Å². The fourth-order valence-electron chi connectivity index (χ4n) is 3.57. The van der Waals surface area contributed by atoms with Gasteiger partial charge in [0.2, 0.25) is 5.91 Å². The first-order valence-electron chi connectivity index (χ1n) is 8.25. The number of aromatic nitrogens is 2. The van der Waals surface area contributed by atoms with Crippen LogP contribution in [-0.4, -0.2) is 58.0 Å². The summed E-state index contributed by atoms with van der Waals surface area (Å²) in [5.41, 5.74) is 0.914. The Morgan fingerprint density at radius 2 is 2.09 bits per heavy atom. The molecular formula is C16H23N3O4. The summed E-state index contributed by atoms with van der Waals surface area (Å²) in [5.74, 6) is -0.441. The van der Waals surface area contributed by atoms with E-state index in [1.807, 2.05) is 11.0 Å². The van der Waals surface area contributed by atoms with Crippen molar-refractivity contribution in [3.05, 3.63) is 18.0 Å². The molecule has 7 nitrogen and oxygen atoms in total. The molecule has 3 heterocycles. The number of piperidine rings is 1. The van der Waals surface area contributed by atoms with Gasteiger partial charge in [-0.2, -0.15) is 5.10 Å². The highest BCUT2D eigenvalue weighted by Crippen LogP contribution is 2.29. The van der Waals surface area contributed by atoms with Crippen LogP contribution in [-0.2, 0) is 20.9 Å². The van der Waals surface area contributed by atoms with Crippen molar-refractivity contribution in [2.24, 2.45) is 5.92 Å². The monoisotopic (exact) mass is 321 g/mol. The van der Waals surface area contributed by atoms with Crippen molar-refractivity contribution in [1.82, 2.24) is 14.7 Å². The van der Waals surface area contributed by atoms with Crippen molar-refractivity contribution in [2.75, 3.05) is 26.3 Å². The minimum Gasteiger partial charge on any atom is -0.480 e. The number of hydrogen-bond acceptors (Lipinski definition) is 4. The van der Waals surface area contributed by atoms with E-state index in [1.165, 1.54) is 4.68 Å². The van der Waals surface area contributed by atoms with Crippen molar-refractivity contribution in [2.45, 2.75) is 38.1 Å². The van der Waals surface area contributed by atoms with Crippen molar-refractivity contribution in [1.29, 1.82) is 0 Å². The van der Waals surface area contributed by atoms with Crippen molar-refractivity contribution >= 4 is 11.9 Å². The van der Waals surface area contributed by atoms with Crippen LogP contribution in [0, 0.1) is 5.92 Å². The molecule has 23 heavy (non-hydrogen) atoms. The molecule has 0 aliphatic carbocycles. The van der Waals surface area contributed by atoms with Crippen LogP contribution < -0.4 is 0 Å². The van der Waals surface area contributed by atoms with Gasteiger partial charge in [-0.05, 0) is 31.7 Å². The number of rotatable bonds is 4. The van der Waals surface area contributed by atoms with Crippen LogP contribution in [0.2, 0.25) is 0 Å². The van der Waals surface area contributed by atoms with E-state index in [0.29, 0.717) is 19.8 Å². The molecule has 2 saturated heterocycles. The standard InChI is InChI=1S/C16H23N3O4/c20-15(21)11-19-14(3-6-17-19)13-2-1-7-18(10-13)16(22)12-4-8-23-9-5-12/h3,6,12-13H,1-2,4-5,7-11H2,(H,20,21). The summed E-state index contributed by atoms with van der Waals surface area (Å²) in [6, 6.07) is 1.87. The predicted molar refractivity (Wildman–Crippen MR) is 82.0 cm³/mol. The molecular weight excluding hydrogens is 298 g/mol. The van der Waals surface area contributed by atoms with Crippen LogP contribution in [0.4, 0.5) is 0 Å². The lowest BCUT2D eigenvalue weighted by atomic mass is 9.92. The molecule has 1 aromatic heterocycles. The molecule has 2 aliphatic rings. The Bertz CT molecular complexity index is 565.